The van der Waals surface area contributed by atoms with Gasteiger partial charge in [0.15, 0.2) is 23.0 Å². The maximum Gasteiger partial charge on any atom is 0.339 e. The summed E-state index contributed by atoms with van der Waals surface area (Å²) in [6, 6.07) is 11.9. The maximum absolute atomic E-state index is 12.2. The number of methoxy groups -OCH3 is 1. The minimum Gasteiger partial charge on any atom is -0.497 e. The van der Waals surface area contributed by atoms with Gasteiger partial charge in [0.05, 0.1) is 24.7 Å². The van der Waals surface area contributed by atoms with Crippen LogP contribution in [0.2, 0.25) is 0 Å². The van der Waals surface area contributed by atoms with Crippen LogP contribution in [0, 0.1) is 0 Å². The van der Waals surface area contributed by atoms with E-state index in [0.717, 1.165) is 18.4 Å². The Bertz CT molecular complexity index is 1660. The van der Waals surface area contributed by atoms with Gasteiger partial charge in [0, 0.05) is 36.9 Å². The second kappa shape index (κ2) is 12.5. The SMILES string of the molecule is CCCCc1nc(C=C(Cc2ccc3c(c2)OCO3)C(=O)O)cn1-c1ccc(OC)cc1Oc1cnccc1C(=O)O. The zero-order chi connectivity index (χ0) is 29.6. The number of carbonyl (C=O) groups is 2. The highest BCUT2D eigenvalue weighted by Crippen LogP contribution is 2.35. The molecular weight excluding hydrogens is 542 g/mol. The fourth-order valence-electron chi connectivity index (χ4n) is 4.52. The van der Waals surface area contributed by atoms with E-state index >= 15 is 0 Å². The zero-order valence-corrected chi connectivity index (χ0v) is 23.1. The standard InChI is InChI=1S/C31H29N3O8/c1-3-4-5-29-33-21(14-20(30(35)36)12-19-6-9-25-27(13-19)41-18-40-25)17-34(29)24-8-7-22(39-2)15-26(24)42-28-16-32-11-10-23(28)31(37)38/h6-11,13-17H,3-5,12,18H2,1-2H3,(H,35,36)(H,37,38). The van der Waals surface area contributed by atoms with Crippen molar-refractivity contribution in [3.05, 3.63) is 89.3 Å². The third-order valence-electron chi connectivity index (χ3n) is 6.64. The predicted octanol–water partition coefficient (Wildman–Crippen LogP) is 5.55. The monoisotopic (exact) mass is 571 g/mol. The lowest BCUT2D eigenvalue weighted by molar-refractivity contribution is -0.132. The average Bonchev–Trinajstić information content (AvgIpc) is 3.62. The normalized spacial score (nSPS) is 12.3. The molecule has 11 heteroatoms. The van der Waals surface area contributed by atoms with Crippen molar-refractivity contribution in [2.45, 2.75) is 32.6 Å². The topological polar surface area (TPSA) is 142 Å². The van der Waals surface area contributed by atoms with Gasteiger partial charge >= 0.3 is 11.9 Å². The van der Waals surface area contributed by atoms with Crippen molar-refractivity contribution in [1.29, 1.82) is 0 Å². The maximum atomic E-state index is 12.2. The molecule has 0 fully saturated rings. The molecule has 216 valence electrons. The van der Waals surface area contributed by atoms with Crippen LogP contribution in [0.1, 0.15) is 47.2 Å². The number of unbranched alkanes of at least 4 members (excludes halogenated alkanes) is 1. The van der Waals surface area contributed by atoms with Gasteiger partial charge in [-0.1, -0.05) is 19.4 Å². The van der Waals surface area contributed by atoms with Crippen LogP contribution in [0.4, 0.5) is 0 Å². The van der Waals surface area contributed by atoms with Crippen molar-refractivity contribution in [2.24, 2.45) is 0 Å². The van der Waals surface area contributed by atoms with Gasteiger partial charge < -0.3 is 29.2 Å². The second-order valence-corrected chi connectivity index (χ2v) is 9.51. The summed E-state index contributed by atoms with van der Waals surface area (Å²) in [6.45, 7) is 2.20. The molecular formula is C31H29N3O8. The smallest absolute Gasteiger partial charge is 0.339 e. The first-order valence-electron chi connectivity index (χ1n) is 13.3. The number of fused-ring (bicyclic) bond motifs is 1. The predicted molar refractivity (Wildman–Crippen MR) is 152 cm³/mol. The number of benzene rings is 2. The van der Waals surface area contributed by atoms with E-state index in [1.54, 1.807) is 48.7 Å². The molecule has 1 aliphatic rings. The Kier molecular flexibility index (Phi) is 8.37. The molecule has 2 aromatic heterocycles. The van der Waals surface area contributed by atoms with Crippen molar-refractivity contribution in [3.8, 4) is 34.4 Å². The number of aliphatic carboxylic acids is 1. The van der Waals surface area contributed by atoms with Gasteiger partial charge in [-0.25, -0.2) is 14.6 Å². The lowest BCUT2D eigenvalue weighted by Crippen LogP contribution is -2.05. The van der Waals surface area contributed by atoms with Crippen molar-refractivity contribution in [1.82, 2.24) is 14.5 Å². The van der Waals surface area contributed by atoms with Gasteiger partial charge in [-0.3, -0.25) is 9.55 Å². The van der Waals surface area contributed by atoms with Gasteiger partial charge in [0.1, 0.15) is 17.1 Å². The second-order valence-electron chi connectivity index (χ2n) is 9.51. The molecule has 0 bridgehead atoms. The molecule has 0 aliphatic carbocycles. The van der Waals surface area contributed by atoms with Crippen molar-refractivity contribution < 1.29 is 38.7 Å². The number of pyridine rings is 1. The van der Waals surface area contributed by atoms with E-state index in [-0.39, 0.29) is 30.1 Å². The van der Waals surface area contributed by atoms with Crippen LogP contribution in [0.3, 0.4) is 0 Å². The van der Waals surface area contributed by atoms with E-state index in [4.69, 9.17) is 23.9 Å². The summed E-state index contributed by atoms with van der Waals surface area (Å²) in [5.74, 6) is 0.550. The summed E-state index contributed by atoms with van der Waals surface area (Å²) in [5.41, 5.74) is 1.88. The van der Waals surface area contributed by atoms with Crippen LogP contribution in [-0.4, -0.2) is 50.6 Å². The van der Waals surface area contributed by atoms with Crippen molar-refractivity contribution >= 4 is 18.0 Å². The number of aromatic nitrogens is 3. The summed E-state index contributed by atoms with van der Waals surface area (Å²) in [7, 11) is 1.52. The lowest BCUT2D eigenvalue weighted by atomic mass is 10.0. The quantitative estimate of drug-likeness (QED) is 0.208. The number of aryl methyl sites for hydroxylation is 1. The van der Waals surface area contributed by atoms with Gasteiger partial charge in [-0.15, -0.1) is 0 Å². The van der Waals surface area contributed by atoms with Gasteiger partial charge in [-0.05, 0) is 48.4 Å². The van der Waals surface area contributed by atoms with Crippen LogP contribution >= 0.6 is 0 Å². The highest BCUT2D eigenvalue weighted by atomic mass is 16.7. The molecule has 3 heterocycles. The Labute approximate surface area is 241 Å². The van der Waals surface area contributed by atoms with Crippen molar-refractivity contribution in [3.63, 3.8) is 0 Å². The first-order chi connectivity index (χ1) is 20.4. The molecule has 4 aromatic rings. The molecule has 11 nitrogen and oxygen atoms in total. The third kappa shape index (κ3) is 6.20. The zero-order valence-electron chi connectivity index (χ0n) is 23.1. The Morgan fingerprint density at radius 2 is 1.90 bits per heavy atom. The highest BCUT2D eigenvalue weighted by Gasteiger charge is 2.20. The van der Waals surface area contributed by atoms with Crippen LogP contribution in [0.25, 0.3) is 11.8 Å². The Balaban J connectivity index is 1.55. The summed E-state index contributed by atoms with van der Waals surface area (Å²) in [4.78, 5) is 32.8. The average molecular weight is 572 g/mol. The van der Waals surface area contributed by atoms with Crippen LogP contribution < -0.4 is 18.9 Å². The number of carboxylic acid groups (broad SMARTS) is 2. The van der Waals surface area contributed by atoms with E-state index in [1.165, 1.54) is 25.6 Å². The number of hydrogen-bond donors (Lipinski definition) is 2. The number of hydrogen-bond acceptors (Lipinski definition) is 8. The first kappa shape index (κ1) is 28.2. The Hall–Kier alpha value is -5.32. The first-order valence-corrected chi connectivity index (χ1v) is 13.3. The summed E-state index contributed by atoms with van der Waals surface area (Å²) in [6.07, 6.45) is 8.54. The minimum absolute atomic E-state index is 0.0474. The summed E-state index contributed by atoms with van der Waals surface area (Å²) < 4.78 is 24.1. The number of aromatic carboxylic acids is 1. The Morgan fingerprint density at radius 3 is 2.67 bits per heavy atom. The fraction of sp³-hybridized carbons (Fsp3) is 0.226. The highest BCUT2D eigenvalue weighted by molar-refractivity contribution is 5.92. The molecule has 0 amide bonds. The molecule has 0 spiro atoms. The summed E-state index contributed by atoms with van der Waals surface area (Å²) in [5, 5.41) is 19.7. The lowest BCUT2D eigenvalue weighted by Gasteiger charge is -2.16. The van der Waals surface area contributed by atoms with Crippen LogP contribution in [0.15, 0.2) is 66.6 Å². The van der Waals surface area contributed by atoms with Crippen molar-refractivity contribution in [2.75, 3.05) is 13.9 Å². The van der Waals surface area contributed by atoms with E-state index in [2.05, 4.69) is 11.9 Å². The number of imidazole rings is 1. The molecule has 2 aromatic carbocycles. The van der Waals surface area contributed by atoms with E-state index in [0.29, 0.717) is 46.6 Å². The molecule has 0 saturated heterocycles. The molecule has 42 heavy (non-hydrogen) atoms. The van der Waals surface area contributed by atoms with Gasteiger partial charge in [-0.2, -0.15) is 0 Å². The summed E-state index contributed by atoms with van der Waals surface area (Å²) >= 11 is 0. The van der Waals surface area contributed by atoms with E-state index in [1.807, 2.05) is 4.57 Å². The number of carboxylic acids is 2. The Morgan fingerprint density at radius 1 is 1.07 bits per heavy atom. The van der Waals surface area contributed by atoms with Gasteiger partial charge in [0.2, 0.25) is 6.79 Å². The van der Waals surface area contributed by atoms with E-state index in [9.17, 15) is 19.8 Å². The molecule has 0 saturated carbocycles. The fourth-order valence-corrected chi connectivity index (χ4v) is 4.52. The number of rotatable bonds is 12. The molecule has 0 radical (unpaired) electrons. The largest absolute Gasteiger partial charge is 0.497 e. The molecule has 2 N–H and O–H groups in total. The van der Waals surface area contributed by atoms with Gasteiger partial charge in [0.25, 0.3) is 0 Å². The minimum atomic E-state index is -1.15. The molecule has 1 aliphatic heterocycles. The molecule has 0 unspecified atom stereocenters. The van der Waals surface area contributed by atoms with E-state index < -0.39 is 11.9 Å². The molecule has 5 rings (SSSR count). The number of ether oxygens (including phenoxy) is 4. The number of nitrogens with zero attached hydrogens (tertiary/aromatic N) is 3. The molecule has 0 atom stereocenters. The van der Waals surface area contributed by atoms with Crippen LogP contribution in [-0.2, 0) is 17.6 Å². The third-order valence-corrected chi connectivity index (χ3v) is 6.64. The van der Waals surface area contributed by atoms with Crippen LogP contribution in [0.5, 0.6) is 28.7 Å².